The molecule has 0 atom stereocenters. The number of hydrogen-bond donors (Lipinski definition) is 0. The Morgan fingerprint density at radius 1 is 0.909 bits per heavy atom. The van der Waals surface area contributed by atoms with Crippen LogP contribution in [-0.2, 0) is 4.79 Å². The molecule has 0 aromatic carbocycles. The summed E-state index contributed by atoms with van der Waals surface area (Å²) in [6, 6.07) is 0. The van der Waals surface area contributed by atoms with Gasteiger partial charge in [0.15, 0.2) is 0 Å². The molecule has 0 radical (unpaired) electrons. The van der Waals surface area contributed by atoms with E-state index in [0.29, 0.717) is 24.6 Å². The van der Waals surface area contributed by atoms with Gasteiger partial charge in [-0.1, -0.05) is 6.42 Å². The van der Waals surface area contributed by atoms with Crippen LogP contribution in [0.15, 0.2) is 0 Å². The summed E-state index contributed by atoms with van der Waals surface area (Å²) in [5.41, 5.74) is 0. The lowest BCUT2D eigenvalue weighted by Gasteiger charge is -1.96. The molecule has 0 aromatic rings. The van der Waals surface area contributed by atoms with Crippen LogP contribution in [0.25, 0.3) is 0 Å². The van der Waals surface area contributed by atoms with E-state index in [0.717, 1.165) is 19.3 Å². The Morgan fingerprint density at radius 3 is 2.18 bits per heavy atom. The molecule has 0 unspecified atom stereocenters. The van der Waals surface area contributed by atoms with E-state index in [4.69, 9.17) is 23.2 Å². The Bertz CT molecular complexity index is 104. The second-order valence-electron chi connectivity index (χ2n) is 2.48. The number of carbonyl (C=O) groups is 1. The summed E-state index contributed by atoms with van der Waals surface area (Å²) >= 11 is 10.9. The van der Waals surface area contributed by atoms with Gasteiger partial charge in [-0.05, 0) is 12.8 Å². The first-order chi connectivity index (χ1) is 5.31. The average Bonchev–Trinajstić information content (AvgIpc) is 1.99. The van der Waals surface area contributed by atoms with Gasteiger partial charge in [-0.25, -0.2) is 0 Å². The molecule has 0 heterocycles. The smallest absolute Gasteiger partial charge is 0.134 e. The summed E-state index contributed by atoms with van der Waals surface area (Å²) in [5.74, 6) is 1.42. The predicted molar refractivity (Wildman–Crippen MR) is 49.5 cm³/mol. The summed E-state index contributed by atoms with van der Waals surface area (Å²) in [6.45, 7) is 0. The Morgan fingerprint density at radius 2 is 1.64 bits per heavy atom. The van der Waals surface area contributed by atoms with Crippen LogP contribution in [0.5, 0.6) is 0 Å². The van der Waals surface area contributed by atoms with Crippen LogP contribution in [0.3, 0.4) is 0 Å². The van der Waals surface area contributed by atoms with E-state index in [1.807, 2.05) is 0 Å². The molecule has 0 amide bonds. The van der Waals surface area contributed by atoms with Crippen LogP contribution in [0.2, 0.25) is 0 Å². The third-order valence-corrected chi connectivity index (χ3v) is 1.92. The Labute approximate surface area is 78.1 Å². The Kier molecular flexibility index (Phi) is 8.54. The highest BCUT2D eigenvalue weighted by molar-refractivity contribution is 6.19. The van der Waals surface area contributed by atoms with Crippen molar-refractivity contribution in [2.75, 3.05) is 11.8 Å². The quantitative estimate of drug-likeness (QED) is 0.453. The molecule has 0 N–H and O–H groups in total. The third kappa shape index (κ3) is 8.15. The number of halogens is 2. The highest BCUT2D eigenvalue weighted by atomic mass is 35.5. The van der Waals surface area contributed by atoms with Crippen molar-refractivity contribution in [2.45, 2.75) is 32.1 Å². The van der Waals surface area contributed by atoms with Crippen molar-refractivity contribution >= 4 is 29.0 Å². The van der Waals surface area contributed by atoms with E-state index in [1.54, 1.807) is 0 Å². The number of hydrogen-bond acceptors (Lipinski definition) is 1. The lowest BCUT2D eigenvalue weighted by atomic mass is 10.1. The predicted octanol–water partition coefficient (Wildman–Crippen LogP) is 2.98. The van der Waals surface area contributed by atoms with E-state index >= 15 is 0 Å². The fourth-order valence-corrected chi connectivity index (χ4v) is 1.22. The van der Waals surface area contributed by atoms with E-state index in [1.165, 1.54) is 0 Å². The highest BCUT2D eigenvalue weighted by Crippen LogP contribution is 2.03. The SMILES string of the molecule is O=C(CCCl)CCCCCCl. The van der Waals surface area contributed by atoms with Crippen molar-refractivity contribution in [3.8, 4) is 0 Å². The second kappa shape index (κ2) is 8.35. The molecule has 0 spiro atoms. The molecule has 0 rings (SSSR count). The van der Waals surface area contributed by atoms with Gasteiger partial charge >= 0.3 is 0 Å². The van der Waals surface area contributed by atoms with Crippen molar-refractivity contribution in [1.29, 1.82) is 0 Å². The average molecular weight is 197 g/mol. The molecule has 0 saturated carbocycles. The summed E-state index contributed by atoms with van der Waals surface area (Å²) < 4.78 is 0. The minimum atomic E-state index is 0.273. The van der Waals surface area contributed by atoms with Gasteiger partial charge in [0.05, 0.1) is 0 Å². The molecule has 0 saturated heterocycles. The fourth-order valence-electron chi connectivity index (χ4n) is 0.824. The zero-order chi connectivity index (χ0) is 8.53. The zero-order valence-corrected chi connectivity index (χ0v) is 8.13. The Balaban J connectivity index is 3.04. The molecule has 0 bridgehead atoms. The molecule has 0 aliphatic heterocycles. The van der Waals surface area contributed by atoms with E-state index in [2.05, 4.69) is 0 Å². The van der Waals surface area contributed by atoms with Crippen LogP contribution in [0.1, 0.15) is 32.1 Å². The zero-order valence-electron chi connectivity index (χ0n) is 6.61. The first kappa shape index (κ1) is 11.2. The largest absolute Gasteiger partial charge is 0.300 e. The topological polar surface area (TPSA) is 17.1 Å². The number of Topliss-reactive ketones (excluding diaryl/α,β-unsaturated/α-hetero) is 1. The van der Waals surface area contributed by atoms with Gasteiger partial charge in [-0.3, -0.25) is 4.79 Å². The van der Waals surface area contributed by atoms with E-state index < -0.39 is 0 Å². The van der Waals surface area contributed by atoms with Crippen LogP contribution >= 0.6 is 23.2 Å². The van der Waals surface area contributed by atoms with Crippen molar-refractivity contribution < 1.29 is 4.79 Å². The van der Waals surface area contributed by atoms with Gasteiger partial charge in [0.2, 0.25) is 0 Å². The maximum absolute atomic E-state index is 10.9. The molecular formula is C8H14Cl2O. The molecule has 3 heteroatoms. The van der Waals surface area contributed by atoms with Gasteiger partial charge in [0.25, 0.3) is 0 Å². The first-order valence-corrected chi connectivity index (χ1v) is 5.01. The number of ketones is 1. The summed E-state index contributed by atoms with van der Waals surface area (Å²) in [4.78, 5) is 10.9. The molecule has 0 fully saturated rings. The maximum atomic E-state index is 10.9. The lowest BCUT2D eigenvalue weighted by Crippen LogP contribution is -1.97. The van der Waals surface area contributed by atoms with Crippen LogP contribution in [0, 0.1) is 0 Å². The van der Waals surface area contributed by atoms with Crippen molar-refractivity contribution in [2.24, 2.45) is 0 Å². The summed E-state index contributed by atoms with van der Waals surface area (Å²) in [7, 11) is 0. The van der Waals surface area contributed by atoms with E-state index in [9.17, 15) is 4.79 Å². The first-order valence-electron chi connectivity index (χ1n) is 3.95. The van der Waals surface area contributed by atoms with Gasteiger partial charge < -0.3 is 0 Å². The summed E-state index contributed by atoms with van der Waals surface area (Å²) in [5, 5.41) is 0. The monoisotopic (exact) mass is 196 g/mol. The maximum Gasteiger partial charge on any atom is 0.134 e. The number of unbranched alkanes of at least 4 members (excludes halogenated alkanes) is 2. The van der Waals surface area contributed by atoms with Crippen LogP contribution in [0.4, 0.5) is 0 Å². The third-order valence-electron chi connectivity index (χ3n) is 1.46. The normalized spacial score (nSPS) is 10.0. The molecule has 11 heavy (non-hydrogen) atoms. The summed E-state index contributed by atoms with van der Waals surface area (Å²) in [6.07, 6.45) is 4.21. The Hall–Kier alpha value is 0.250. The standard InChI is InChI=1S/C8H14Cl2O/c9-6-3-1-2-4-8(11)5-7-10/h1-7H2. The highest BCUT2D eigenvalue weighted by Gasteiger charge is 1.99. The minimum Gasteiger partial charge on any atom is -0.300 e. The second-order valence-corrected chi connectivity index (χ2v) is 3.23. The molecule has 0 aromatic heterocycles. The molecule has 66 valence electrons. The van der Waals surface area contributed by atoms with E-state index in [-0.39, 0.29) is 5.78 Å². The minimum absolute atomic E-state index is 0.273. The lowest BCUT2D eigenvalue weighted by molar-refractivity contribution is -0.118. The number of carbonyl (C=O) groups excluding carboxylic acids is 1. The van der Waals surface area contributed by atoms with Crippen LogP contribution < -0.4 is 0 Å². The molecule has 0 aliphatic carbocycles. The van der Waals surface area contributed by atoms with Crippen molar-refractivity contribution in [1.82, 2.24) is 0 Å². The number of alkyl halides is 2. The van der Waals surface area contributed by atoms with Gasteiger partial charge in [-0.15, -0.1) is 23.2 Å². The van der Waals surface area contributed by atoms with Crippen molar-refractivity contribution in [3.05, 3.63) is 0 Å². The van der Waals surface area contributed by atoms with Gasteiger partial charge in [0, 0.05) is 24.6 Å². The van der Waals surface area contributed by atoms with Gasteiger partial charge in [0.1, 0.15) is 5.78 Å². The molecule has 1 nitrogen and oxygen atoms in total. The fraction of sp³-hybridized carbons (Fsp3) is 0.875. The molecular weight excluding hydrogens is 183 g/mol. The van der Waals surface area contributed by atoms with Gasteiger partial charge in [-0.2, -0.15) is 0 Å². The number of rotatable bonds is 7. The molecule has 0 aliphatic rings. The van der Waals surface area contributed by atoms with Crippen LogP contribution in [-0.4, -0.2) is 17.5 Å². The van der Waals surface area contributed by atoms with Crippen molar-refractivity contribution in [3.63, 3.8) is 0 Å².